The van der Waals surface area contributed by atoms with Crippen molar-refractivity contribution in [3.05, 3.63) is 29.3 Å². The van der Waals surface area contributed by atoms with Crippen LogP contribution >= 0.6 is 11.8 Å². The fraction of sp³-hybridized carbons (Fsp3) is 0.600. The van der Waals surface area contributed by atoms with Crippen molar-refractivity contribution in [1.82, 2.24) is 10.2 Å². The molecule has 100 valence electrons. The number of nitrogens with zero attached hydrogens (tertiary/aromatic N) is 1. The minimum atomic E-state index is 0.648. The van der Waals surface area contributed by atoms with Crippen molar-refractivity contribution in [3.8, 4) is 0 Å². The SMILES string of the molecule is Cc1ccc(SC(C)C)c(CN2CCNCC2)c1. The van der Waals surface area contributed by atoms with Crippen LogP contribution in [0.25, 0.3) is 0 Å². The molecule has 1 N–H and O–H groups in total. The first-order valence-corrected chi connectivity index (χ1v) is 7.72. The zero-order valence-electron chi connectivity index (χ0n) is 11.7. The van der Waals surface area contributed by atoms with Gasteiger partial charge >= 0.3 is 0 Å². The monoisotopic (exact) mass is 264 g/mol. The predicted octanol–water partition coefficient (Wildman–Crippen LogP) is 2.90. The van der Waals surface area contributed by atoms with Gasteiger partial charge in [-0.3, -0.25) is 4.90 Å². The van der Waals surface area contributed by atoms with E-state index in [-0.39, 0.29) is 0 Å². The van der Waals surface area contributed by atoms with Crippen molar-refractivity contribution in [2.45, 2.75) is 37.5 Å². The molecule has 1 aliphatic rings. The first-order chi connectivity index (χ1) is 8.65. The third-order valence-corrected chi connectivity index (χ3v) is 4.31. The van der Waals surface area contributed by atoms with E-state index in [1.54, 1.807) is 0 Å². The first-order valence-electron chi connectivity index (χ1n) is 6.84. The van der Waals surface area contributed by atoms with Crippen LogP contribution in [-0.2, 0) is 6.54 Å². The molecule has 1 aliphatic heterocycles. The maximum Gasteiger partial charge on any atom is 0.0246 e. The summed E-state index contributed by atoms with van der Waals surface area (Å²) < 4.78 is 0. The molecular weight excluding hydrogens is 240 g/mol. The van der Waals surface area contributed by atoms with Gasteiger partial charge in [-0.2, -0.15) is 0 Å². The number of rotatable bonds is 4. The highest BCUT2D eigenvalue weighted by Gasteiger charge is 2.13. The maximum absolute atomic E-state index is 3.41. The van der Waals surface area contributed by atoms with E-state index in [4.69, 9.17) is 0 Å². The quantitative estimate of drug-likeness (QED) is 0.842. The van der Waals surface area contributed by atoms with Crippen LogP contribution in [0.4, 0.5) is 0 Å². The van der Waals surface area contributed by atoms with Crippen molar-refractivity contribution < 1.29 is 0 Å². The van der Waals surface area contributed by atoms with Crippen molar-refractivity contribution in [2.24, 2.45) is 0 Å². The van der Waals surface area contributed by atoms with Crippen molar-refractivity contribution in [2.75, 3.05) is 26.2 Å². The summed E-state index contributed by atoms with van der Waals surface area (Å²) in [6, 6.07) is 6.87. The van der Waals surface area contributed by atoms with Crippen molar-refractivity contribution in [3.63, 3.8) is 0 Å². The van der Waals surface area contributed by atoms with Gasteiger partial charge in [-0.15, -0.1) is 11.8 Å². The molecule has 2 rings (SSSR count). The minimum absolute atomic E-state index is 0.648. The fourth-order valence-electron chi connectivity index (χ4n) is 2.31. The van der Waals surface area contributed by atoms with Crippen LogP contribution in [-0.4, -0.2) is 36.3 Å². The van der Waals surface area contributed by atoms with Crippen LogP contribution in [0.2, 0.25) is 0 Å². The van der Waals surface area contributed by atoms with Gasteiger partial charge in [-0.1, -0.05) is 31.5 Å². The Kier molecular flexibility index (Phi) is 5.10. The summed E-state index contributed by atoms with van der Waals surface area (Å²) in [6.07, 6.45) is 0. The zero-order chi connectivity index (χ0) is 13.0. The molecular formula is C15H24N2S. The van der Waals surface area contributed by atoms with Crippen LogP contribution in [0.1, 0.15) is 25.0 Å². The topological polar surface area (TPSA) is 15.3 Å². The van der Waals surface area contributed by atoms with Gasteiger partial charge < -0.3 is 5.32 Å². The molecule has 1 aromatic rings. The molecule has 0 radical (unpaired) electrons. The lowest BCUT2D eigenvalue weighted by Crippen LogP contribution is -2.42. The highest BCUT2D eigenvalue weighted by atomic mass is 32.2. The minimum Gasteiger partial charge on any atom is -0.314 e. The average Bonchev–Trinajstić information content (AvgIpc) is 2.33. The normalized spacial score (nSPS) is 17.3. The number of piperazine rings is 1. The third-order valence-electron chi connectivity index (χ3n) is 3.18. The van der Waals surface area contributed by atoms with E-state index in [0.717, 1.165) is 19.6 Å². The molecule has 1 heterocycles. The lowest BCUT2D eigenvalue weighted by atomic mass is 10.1. The van der Waals surface area contributed by atoms with Crippen LogP contribution in [0.3, 0.4) is 0 Å². The lowest BCUT2D eigenvalue weighted by molar-refractivity contribution is 0.231. The molecule has 18 heavy (non-hydrogen) atoms. The van der Waals surface area contributed by atoms with Gasteiger partial charge in [0, 0.05) is 42.9 Å². The Hall–Kier alpha value is -0.510. The Balaban J connectivity index is 2.10. The summed E-state index contributed by atoms with van der Waals surface area (Å²) in [5.74, 6) is 0. The number of hydrogen-bond donors (Lipinski definition) is 1. The summed E-state index contributed by atoms with van der Waals surface area (Å²) in [5.41, 5.74) is 2.86. The molecule has 0 bridgehead atoms. The Labute approximate surface area is 115 Å². The van der Waals surface area contributed by atoms with Gasteiger partial charge in [-0.25, -0.2) is 0 Å². The molecule has 0 aliphatic carbocycles. The zero-order valence-corrected chi connectivity index (χ0v) is 12.5. The molecule has 1 saturated heterocycles. The van der Waals surface area contributed by atoms with E-state index in [0.29, 0.717) is 5.25 Å². The smallest absolute Gasteiger partial charge is 0.0246 e. The predicted molar refractivity (Wildman–Crippen MR) is 80.3 cm³/mol. The van der Waals surface area contributed by atoms with E-state index < -0.39 is 0 Å². The fourth-order valence-corrected chi connectivity index (χ4v) is 3.24. The van der Waals surface area contributed by atoms with Crippen LogP contribution < -0.4 is 5.32 Å². The largest absolute Gasteiger partial charge is 0.314 e. The standard InChI is InChI=1S/C15H24N2S/c1-12(2)18-15-5-4-13(3)10-14(15)11-17-8-6-16-7-9-17/h4-5,10,12,16H,6-9,11H2,1-3H3. The highest BCUT2D eigenvalue weighted by Crippen LogP contribution is 2.28. The summed E-state index contributed by atoms with van der Waals surface area (Å²) in [5, 5.41) is 4.06. The number of thioether (sulfide) groups is 1. The van der Waals surface area contributed by atoms with E-state index >= 15 is 0 Å². The summed E-state index contributed by atoms with van der Waals surface area (Å²) >= 11 is 1.98. The maximum atomic E-state index is 3.41. The summed E-state index contributed by atoms with van der Waals surface area (Å²) in [4.78, 5) is 4.00. The summed E-state index contributed by atoms with van der Waals surface area (Å²) in [7, 11) is 0. The number of nitrogens with one attached hydrogen (secondary N) is 1. The molecule has 0 atom stereocenters. The van der Waals surface area contributed by atoms with E-state index in [1.807, 2.05) is 11.8 Å². The number of hydrogen-bond acceptors (Lipinski definition) is 3. The van der Waals surface area contributed by atoms with Gasteiger partial charge in [0.25, 0.3) is 0 Å². The second-order valence-electron chi connectivity index (χ2n) is 5.30. The Morgan fingerprint density at radius 3 is 2.67 bits per heavy atom. The van der Waals surface area contributed by atoms with E-state index in [1.165, 1.54) is 29.1 Å². The second kappa shape index (κ2) is 6.60. The van der Waals surface area contributed by atoms with Crippen LogP contribution in [0.15, 0.2) is 23.1 Å². The molecule has 3 heteroatoms. The first kappa shape index (κ1) is 13.9. The van der Waals surface area contributed by atoms with Crippen molar-refractivity contribution in [1.29, 1.82) is 0 Å². The number of aryl methyl sites for hydroxylation is 1. The van der Waals surface area contributed by atoms with Gasteiger partial charge in [0.2, 0.25) is 0 Å². The molecule has 0 unspecified atom stereocenters. The molecule has 0 spiro atoms. The highest BCUT2D eigenvalue weighted by molar-refractivity contribution is 8.00. The van der Waals surface area contributed by atoms with Gasteiger partial charge in [0.1, 0.15) is 0 Å². The molecule has 0 aromatic heterocycles. The van der Waals surface area contributed by atoms with Gasteiger partial charge in [0.05, 0.1) is 0 Å². The molecule has 1 aromatic carbocycles. The Morgan fingerprint density at radius 1 is 1.28 bits per heavy atom. The Morgan fingerprint density at radius 2 is 2.00 bits per heavy atom. The van der Waals surface area contributed by atoms with Crippen LogP contribution in [0.5, 0.6) is 0 Å². The average molecular weight is 264 g/mol. The lowest BCUT2D eigenvalue weighted by Gasteiger charge is -2.28. The summed E-state index contributed by atoms with van der Waals surface area (Å²) in [6.45, 7) is 12.4. The van der Waals surface area contributed by atoms with Crippen LogP contribution in [0, 0.1) is 6.92 Å². The second-order valence-corrected chi connectivity index (χ2v) is 6.92. The molecule has 0 saturated carbocycles. The van der Waals surface area contributed by atoms with E-state index in [9.17, 15) is 0 Å². The third kappa shape index (κ3) is 4.01. The van der Waals surface area contributed by atoms with Gasteiger partial charge in [-0.05, 0) is 18.6 Å². The van der Waals surface area contributed by atoms with Gasteiger partial charge in [0.15, 0.2) is 0 Å². The molecule has 2 nitrogen and oxygen atoms in total. The van der Waals surface area contributed by atoms with Crippen molar-refractivity contribution >= 4 is 11.8 Å². The number of benzene rings is 1. The molecule has 0 amide bonds. The molecule has 1 fully saturated rings. The van der Waals surface area contributed by atoms with E-state index in [2.05, 4.69) is 49.2 Å². The Bertz CT molecular complexity index is 384.